The number of nitrogens with one attached hydrogen (secondary N) is 1. The van der Waals surface area contributed by atoms with Gasteiger partial charge in [-0.05, 0) is 37.5 Å². The summed E-state index contributed by atoms with van der Waals surface area (Å²) in [7, 11) is 0. The molecule has 0 radical (unpaired) electrons. The number of amides is 1. The Hall–Kier alpha value is -3.36. The van der Waals surface area contributed by atoms with E-state index in [0.717, 1.165) is 37.3 Å². The summed E-state index contributed by atoms with van der Waals surface area (Å²) in [4.78, 5) is 31.4. The molecule has 4 rings (SSSR count). The minimum atomic E-state index is -0.0276. The molecule has 0 atom stereocenters. The normalized spacial score (nSPS) is 14.9. The number of hydrogen-bond donors (Lipinski definition) is 1. The largest absolute Gasteiger partial charge is 0.356 e. The number of aromatic nitrogens is 6. The summed E-state index contributed by atoms with van der Waals surface area (Å²) in [6.07, 6.45) is 7.82. The first-order valence-electron chi connectivity index (χ1n) is 8.84. The van der Waals surface area contributed by atoms with Gasteiger partial charge in [-0.2, -0.15) is 5.10 Å². The number of pyridine rings is 1. The third-order valence-corrected chi connectivity index (χ3v) is 4.65. The van der Waals surface area contributed by atoms with Crippen LogP contribution in [-0.2, 0) is 4.79 Å². The minimum Gasteiger partial charge on any atom is -0.356 e. The number of nitrogens with zero attached hydrogens (tertiary/aromatic N) is 7. The van der Waals surface area contributed by atoms with E-state index < -0.39 is 0 Å². The molecule has 1 amide bonds. The number of piperidine rings is 1. The molecule has 1 saturated heterocycles. The number of hydrogen-bond acceptors (Lipinski definition) is 7. The number of carbonyl (C=O) groups excluding carboxylic acids is 1. The smallest absolute Gasteiger partial charge is 0.228 e. The van der Waals surface area contributed by atoms with E-state index >= 15 is 0 Å². The Kier molecular flexibility index (Phi) is 4.73. The molecule has 138 valence electrons. The van der Waals surface area contributed by atoms with Gasteiger partial charge in [0.2, 0.25) is 5.91 Å². The van der Waals surface area contributed by atoms with Crippen LogP contribution in [0.3, 0.4) is 0 Å². The highest BCUT2D eigenvalue weighted by Gasteiger charge is 2.26. The Morgan fingerprint density at radius 2 is 1.93 bits per heavy atom. The molecular formula is C18H20N8O. The van der Waals surface area contributed by atoms with Crippen molar-refractivity contribution in [3.05, 3.63) is 48.9 Å². The SMILES string of the molecule is Cc1ccnc(NC(=O)C2CCN(c3cc(-n4cncn4)ncn3)CC2)c1. The maximum absolute atomic E-state index is 12.5. The second-order valence-corrected chi connectivity index (χ2v) is 6.54. The predicted octanol–water partition coefficient (Wildman–Crippen LogP) is 1.62. The van der Waals surface area contributed by atoms with Crippen molar-refractivity contribution >= 4 is 17.5 Å². The lowest BCUT2D eigenvalue weighted by atomic mass is 9.96. The van der Waals surface area contributed by atoms with Gasteiger partial charge in [-0.3, -0.25) is 4.79 Å². The first kappa shape index (κ1) is 17.1. The van der Waals surface area contributed by atoms with Gasteiger partial charge in [0.1, 0.15) is 30.6 Å². The van der Waals surface area contributed by atoms with Crippen LogP contribution >= 0.6 is 0 Å². The molecule has 3 aromatic heterocycles. The van der Waals surface area contributed by atoms with Gasteiger partial charge in [0.05, 0.1) is 0 Å². The lowest BCUT2D eigenvalue weighted by Crippen LogP contribution is -2.38. The average Bonchev–Trinajstić information content (AvgIpc) is 3.23. The Bertz CT molecular complexity index is 919. The van der Waals surface area contributed by atoms with Crippen LogP contribution in [0.15, 0.2) is 43.4 Å². The topological polar surface area (TPSA) is 102 Å². The van der Waals surface area contributed by atoms with Crippen molar-refractivity contribution < 1.29 is 4.79 Å². The number of aryl methyl sites for hydroxylation is 1. The lowest BCUT2D eigenvalue weighted by Gasteiger charge is -2.32. The van der Waals surface area contributed by atoms with Crippen LogP contribution in [-0.4, -0.2) is 48.7 Å². The van der Waals surface area contributed by atoms with Crippen LogP contribution in [0.25, 0.3) is 5.82 Å². The van der Waals surface area contributed by atoms with E-state index in [1.807, 2.05) is 25.1 Å². The highest BCUT2D eigenvalue weighted by atomic mass is 16.1. The summed E-state index contributed by atoms with van der Waals surface area (Å²) >= 11 is 0. The molecule has 1 fully saturated rings. The minimum absolute atomic E-state index is 0.0266. The maximum Gasteiger partial charge on any atom is 0.228 e. The van der Waals surface area contributed by atoms with Crippen LogP contribution in [0, 0.1) is 12.8 Å². The average molecular weight is 364 g/mol. The van der Waals surface area contributed by atoms with Gasteiger partial charge in [0.15, 0.2) is 5.82 Å². The monoisotopic (exact) mass is 364 g/mol. The fourth-order valence-corrected chi connectivity index (χ4v) is 3.17. The summed E-state index contributed by atoms with van der Waals surface area (Å²) in [6.45, 7) is 3.49. The first-order chi connectivity index (χ1) is 13.2. The van der Waals surface area contributed by atoms with Crippen molar-refractivity contribution in [2.75, 3.05) is 23.3 Å². The molecule has 1 aliphatic heterocycles. The van der Waals surface area contributed by atoms with Gasteiger partial charge in [-0.25, -0.2) is 24.6 Å². The van der Waals surface area contributed by atoms with E-state index in [1.165, 1.54) is 12.7 Å². The van der Waals surface area contributed by atoms with Crippen molar-refractivity contribution in [1.29, 1.82) is 0 Å². The van der Waals surface area contributed by atoms with Crippen molar-refractivity contribution in [3.8, 4) is 5.82 Å². The third kappa shape index (κ3) is 3.91. The van der Waals surface area contributed by atoms with Gasteiger partial charge >= 0.3 is 0 Å². The zero-order valence-corrected chi connectivity index (χ0v) is 15.0. The number of anilines is 2. The van der Waals surface area contributed by atoms with E-state index in [4.69, 9.17) is 0 Å². The van der Waals surface area contributed by atoms with Crippen molar-refractivity contribution in [2.24, 2.45) is 5.92 Å². The van der Waals surface area contributed by atoms with Crippen LogP contribution in [0.5, 0.6) is 0 Å². The second-order valence-electron chi connectivity index (χ2n) is 6.54. The molecule has 1 N–H and O–H groups in total. The van der Waals surface area contributed by atoms with E-state index in [2.05, 4.69) is 35.3 Å². The maximum atomic E-state index is 12.5. The zero-order chi connectivity index (χ0) is 18.6. The zero-order valence-electron chi connectivity index (χ0n) is 15.0. The van der Waals surface area contributed by atoms with Gasteiger partial charge in [-0.1, -0.05) is 0 Å². The Labute approximate surface area is 156 Å². The number of carbonyl (C=O) groups is 1. The molecule has 1 aliphatic rings. The molecule has 3 aromatic rings. The van der Waals surface area contributed by atoms with Gasteiger partial charge in [0.25, 0.3) is 0 Å². The lowest BCUT2D eigenvalue weighted by molar-refractivity contribution is -0.120. The standard InChI is InChI=1S/C18H20N8O/c1-13-2-5-20-15(8-13)24-18(27)14-3-6-25(7-4-14)16-9-17(22-11-21-16)26-12-19-10-23-26/h2,5,8-12,14H,3-4,6-7H2,1H3,(H,20,24,27). The molecule has 27 heavy (non-hydrogen) atoms. The van der Waals surface area contributed by atoms with E-state index in [0.29, 0.717) is 11.6 Å². The van der Waals surface area contributed by atoms with Crippen molar-refractivity contribution in [3.63, 3.8) is 0 Å². The highest BCUT2D eigenvalue weighted by Crippen LogP contribution is 2.23. The fourth-order valence-electron chi connectivity index (χ4n) is 3.17. The Balaban J connectivity index is 1.37. The molecule has 0 unspecified atom stereocenters. The quantitative estimate of drug-likeness (QED) is 0.750. The number of rotatable bonds is 4. The summed E-state index contributed by atoms with van der Waals surface area (Å²) in [5.74, 6) is 2.10. The molecule has 0 aromatic carbocycles. The second kappa shape index (κ2) is 7.48. The molecule has 0 bridgehead atoms. The summed E-state index contributed by atoms with van der Waals surface area (Å²) < 4.78 is 1.60. The van der Waals surface area contributed by atoms with Crippen LogP contribution in [0.2, 0.25) is 0 Å². The Morgan fingerprint density at radius 1 is 1.11 bits per heavy atom. The van der Waals surface area contributed by atoms with Crippen LogP contribution < -0.4 is 10.2 Å². The van der Waals surface area contributed by atoms with E-state index in [1.54, 1.807) is 17.2 Å². The molecule has 9 nitrogen and oxygen atoms in total. The fraction of sp³-hybridized carbons (Fsp3) is 0.333. The first-order valence-corrected chi connectivity index (χ1v) is 8.84. The predicted molar refractivity (Wildman–Crippen MR) is 99.5 cm³/mol. The van der Waals surface area contributed by atoms with E-state index in [-0.39, 0.29) is 11.8 Å². The van der Waals surface area contributed by atoms with Crippen molar-refractivity contribution in [1.82, 2.24) is 29.7 Å². The molecule has 4 heterocycles. The Morgan fingerprint density at radius 3 is 2.67 bits per heavy atom. The highest BCUT2D eigenvalue weighted by molar-refractivity contribution is 5.91. The summed E-state index contributed by atoms with van der Waals surface area (Å²) in [5, 5.41) is 7.01. The van der Waals surface area contributed by atoms with Gasteiger partial charge in [-0.15, -0.1) is 0 Å². The molecule has 9 heteroatoms. The van der Waals surface area contributed by atoms with Gasteiger partial charge < -0.3 is 10.2 Å². The molecule has 0 spiro atoms. The van der Waals surface area contributed by atoms with Gasteiger partial charge in [0, 0.05) is 31.3 Å². The van der Waals surface area contributed by atoms with Crippen LogP contribution in [0.1, 0.15) is 18.4 Å². The molecule has 0 aliphatic carbocycles. The third-order valence-electron chi connectivity index (χ3n) is 4.65. The molecule has 0 saturated carbocycles. The summed E-state index contributed by atoms with van der Waals surface area (Å²) in [6, 6.07) is 5.66. The van der Waals surface area contributed by atoms with E-state index in [9.17, 15) is 4.79 Å². The summed E-state index contributed by atoms with van der Waals surface area (Å²) in [5.41, 5.74) is 1.07. The van der Waals surface area contributed by atoms with Crippen LogP contribution in [0.4, 0.5) is 11.6 Å². The molecular weight excluding hydrogens is 344 g/mol. The van der Waals surface area contributed by atoms with Crippen molar-refractivity contribution in [2.45, 2.75) is 19.8 Å².